The number of methoxy groups -OCH3 is 1. The average Bonchev–Trinajstić information content (AvgIpc) is 2.96. The number of piperidine rings is 1. The summed E-state index contributed by atoms with van der Waals surface area (Å²) < 4.78 is 45.9. The van der Waals surface area contributed by atoms with E-state index in [1.54, 1.807) is 6.92 Å². The van der Waals surface area contributed by atoms with Gasteiger partial charge in [0.1, 0.15) is 5.54 Å². The second-order valence-corrected chi connectivity index (χ2v) is 7.77. The highest BCUT2D eigenvalue weighted by Crippen LogP contribution is 2.35. The largest absolute Gasteiger partial charge is 0.473 e. The molecule has 2 aromatic carbocycles. The minimum absolute atomic E-state index is 0.00135. The first-order valence-electron chi connectivity index (χ1n) is 13.5. The molecule has 0 aromatic heterocycles. The van der Waals surface area contributed by atoms with Crippen LogP contribution >= 0.6 is 0 Å². The maximum Gasteiger partial charge on any atom is 0.414 e. The van der Waals surface area contributed by atoms with Crippen LogP contribution < -0.4 is 4.90 Å². The van der Waals surface area contributed by atoms with Gasteiger partial charge in [-0.1, -0.05) is 55.4 Å². The van der Waals surface area contributed by atoms with Gasteiger partial charge < -0.3 is 19.8 Å². The molecule has 1 aliphatic heterocycles. The lowest BCUT2D eigenvalue weighted by Crippen LogP contribution is -2.62. The number of hydrogen-bond donors (Lipinski definition) is 2. The van der Waals surface area contributed by atoms with E-state index in [0.717, 1.165) is 17.9 Å². The van der Waals surface area contributed by atoms with Gasteiger partial charge in [-0.05, 0) is 36.9 Å². The van der Waals surface area contributed by atoms with Crippen molar-refractivity contribution in [3.05, 3.63) is 66.1 Å². The van der Waals surface area contributed by atoms with Crippen LogP contribution in [0.15, 0.2) is 60.5 Å². The van der Waals surface area contributed by atoms with Gasteiger partial charge in [-0.2, -0.15) is 0 Å². The Morgan fingerprint density at radius 2 is 1.60 bits per heavy atom. The third-order valence-electron chi connectivity index (χ3n) is 5.68. The van der Waals surface area contributed by atoms with E-state index in [4.69, 9.17) is 31.4 Å². The fraction of sp³-hybridized carbons (Fsp3) is 0.385. The van der Waals surface area contributed by atoms with Gasteiger partial charge in [-0.15, -0.1) is 0 Å². The maximum absolute atomic E-state index is 13.2. The Bertz CT molecular complexity index is 1210. The molecular formula is C26H32N2O7. The number of carbonyl (C=O) groups excluding carboxylic acids is 2. The summed E-state index contributed by atoms with van der Waals surface area (Å²) >= 11 is 0. The monoisotopic (exact) mass is 489 g/mol. The number of hydrogen-bond acceptors (Lipinski definition) is 6. The first kappa shape index (κ1) is 20.6. The van der Waals surface area contributed by atoms with E-state index in [-0.39, 0.29) is 24.9 Å². The van der Waals surface area contributed by atoms with Gasteiger partial charge in [0.05, 0.1) is 14.0 Å². The number of aliphatic carboxylic acids is 2. The van der Waals surface area contributed by atoms with Crippen LogP contribution in [-0.2, 0) is 30.3 Å². The van der Waals surface area contributed by atoms with E-state index < -0.39 is 59.6 Å². The molecule has 0 aliphatic carbocycles. The fourth-order valence-corrected chi connectivity index (χ4v) is 3.88. The number of carboxylic acid groups (broad SMARTS) is 2. The Balaban J connectivity index is 0.000000840. The average molecular weight is 490 g/mol. The van der Waals surface area contributed by atoms with Crippen molar-refractivity contribution in [1.29, 1.82) is 0 Å². The van der Waals surface area contributed by atoms with Crippen molar-refractivity contribution in [1.82, 2.24) is 4.90 Å². The van der Waals surface area contributed by atoms with Gasteiger partial charge in [0.15, 0.2) is 0 Å². The molecule has 0 unspecified atom stereocenters. The summed E-state index contributed by atoms with van der Waals surface area (Å²) in [6, 6.07) is 7.38. The molecule has 3 rings (SSSR count). The fourth-order valence-electron chi connectivity index (χ4n) is 3.88. The third-order valence-corrected chi connectivity index (χ3v) is 5.68. The van der Waals surface area contributed by atoms with Crippen molar-refractivity contribution >= 4 is 29.5 Å². The molecule has 1 heterocycles. The van der Waals surface area contributed by atoms with Crippen LogP contribution in [-0.4, -0.2) is 71.2 Å². The first-order chi connectivity index (χ1) is 18.8. The lowest BCUT2D eigenvalue weighted by atomic mass is 9.84. The van der Waals surface area contributed by atoms with Crippen molar-refractivity contribution in [2.75, 3.05) is 31.6 Å². The smallest absolute Gasteiger partial charge is 0.414 e. The number of likely N-dealkylation sites (tertiary alicyclic amines) is 1. The van der Waals surface area contributed by atoms with Crippen LogP contribution in [0, 0.1) is 0 Å². The van der Waals surface area contributed by atoms with E-state index in [1.807, 2.05) is 18.2 Å². The van der Waals surface area contributed by atoms with Gasteiger partial charge in [0, 0.05) is 31.7 Å². The van der Waals surface area contributed by atoms with Crippen molar-refractivity contribution in [3.8, 4) is 0 Å². The summed E-state index contributed by atoms with van der Waals surface area (Å²) in [6.07, 6.45) is 1.29. The summed E-state index contributed by atoms with van der Waals surface area (Å²) in [6.45, 7) is 3.38. The molecule has 0 saturated carbocycles. The number of para-hydroxylation sites is 1. The molecule has 9 nitrogen and oxygen atoms in total. The summed E-state index contributed by atoms with van der Waals surface area (Å²) in [5.74, 6) is -4.80. The number of nitrogens with zero attached hydrogens (tertiary/aromatic N) is 2. The van der Waals surface area contributed by atoms with Gasteiger partial charge in [0.2, 0.25) is 5.91 Å². The van der Waals surface area contributed by atoms with E-state index in [1.165, 1.54) is 12.7 Å². The van der Waals surface area contributed by atoms with E-state index in [2.05, 4.69) is 17.0 Å². The Hall–Kier alpha value is -3.72. The molecule has 9 heteroatoms. The third kappa shape index (κ3) is 7.38. The lowest BCUT2D eigenvalue weighted by molar-refractivity contribution is -0.159. The molecule has 2 N–H and O–H groups in total. The Morgan fingerprint density at radius 3 is 2.09 bits per heavy atom. The predicted molar refractivity (Wildman–Crippen MR) is 130 cm³/mol. The van der Waals surface area contributed by atoms with Crippen LogP contribution in [0.3, 0.4) is 0 Å². The second kappa shape index (κ2) is 13.2. The minimum Gasteiger partial charge on any atom is -0.473 e. The minimum atomic E-state index is -1.82. The molecule has 0 atom stereocenters. The predicted octanol–water partition coefficient (Wildman–Crippen LogP) is 2.84. The normalized spacial score (nSPS) is 16.7. The molecule has 188 valence electrons. The highest BCUT2D eigenvalue weighted by molar-refractivity contribution is 6.27. The maximum atomic E-state index is 13.2. The molecule has 1 saturated heterocycles. The number of amides is 1. The molecule has 2 aromatic rings. The Labute approximate surface area is 211 Å². The van der Waals surface area contributed by atoms with E-state index in [0.29, 0.717) is 13.1 Å². The topological polar surface area (TPSA) is 124 Å². The quantitative estimate of drug-likeness (QED) is 0.449. The number of esters is 1. The zero-order chi connectivity index (χ0) is 30.2. The van der Waals surface area contributed by atoms with E-state index in [9.17, 15) is 9.59 Å². The Morgan fingerprint density at radius 1 is 1.03 bits per heavy atom. The summed E-state index contributed by atoms with van der Waals surface area (Å²) in [5.41, 5.74) is -0.533. The number of benzene rings is 2. The van der Waals surface area contributed by atoms with Crippen molar-refractivity contribution in [2.24, 2.45) is 0 Å². The van der Waals surface area contributed by atoms with E-state index >= 15 is 0 Å². The zero-order valence-electron chi connectivity index (χ0n) is 24.7. The summed E-state index contributed by atoms with van der Waals surface area (Å²) in [4.78, 5) is 47.9. The lowest BCUT2D eigenvalue weighted by Gasteiger charge is -2.46. The SMILES string of the molecule is O=C(O)C(=O)O.[2H]c1c([2H])c([2H])c(N(C(=O)CC)C2(C(=O)OC)CCN(CCc3ccccc3)CC2)c([2H])c1[2H]. The van der Waals surface area contributed by atoms with Crippen LogP contribution in [0.1, 0.15) is 38.6 Å². The van der Waals surface area contributed by atoms with Crippen LogP contribution in [0.4, 0.5) is 5.69 Å². The Kier molecular flexibility index (Phi) is 7.81. The number of ether oxygens (including phenoxy) is 1. The standard InChI is InChI=1S/C24H30N2O3.C2H2O4/c1-3-22(27)26(21-12-8-5-9-13-21)24(23(28)29-2)15-18-25(19-16-24)17-14-20-10-6-4-7-11-20;3-1(4)2(5)6/h4-13H,3,14-19H2,1-2H3;(H,3,4)(H,5,6)/i5D,8D,9D,12D,13D;. The molecule has 1 fully saturated rings. The van der Waals surface area contributed by atoms with Crippen molar-refractivity contribution in [2.45, 2.75) is 38.1 Å². The van der Waals surface area contributed by atoms with Crippen molar-refractivity contribution < 1.29 is 41.0 Å². The van der Waals surface area contributed by atoms with Gasteiger partial charge >= 0.3 is 17.9 Å². The highest BCUT2D eigenvalue weighted by Gasteiger charge is 2.49. The number of rotatable bonds is 7. The summed E-state index contributed by atoms with van der Waals surface area (Å²) in [7, 11) is 1.24. The van der Waals surface area contributed by atoms with Gasteiger partial charge in [-0.25, -0.2) is 14.4 Å². The van der Waals surface area contributed by atoms with Crippen molar-refractivity contribution in [3.63, 3.8) is 0 Å². The molecule has 0 radical (unpaired) electrons. The number of carboxylic acids is 2. The molecule has 1 aliphatic rings. The van der Waals surface area contributed by atoms with Gasteiger partial charge in [-0.3, -0.25) is 9.69 Å². The van der Waals surface area contributed by atoms with Gasteiger partial charge in [0.25, 0.3) is 0 Å². The summed E-state index contributed by atoms with van der Waals surface area (Å²) in [5, 5.41) is 14.8. The molecule has 1 amide bonds. The first-order valence-corrected chi connectivity index (χ1v) is 11.0. The zero-order valence-corrected chi connectivity index (χ0v) is 19.7. The second-order valence-electron chi connectivity index (χ2n) is 7.77. The molecule has 0 spiro atoms. The highest BCUT2D eigenvalue weighted by atomic mass is 16.5. The molecular weight excluding hydrogens is 452 g/mol. The van der Waals surface area contributed by atoms with Crippen LogP contribution in [0.25, 0.3) is 0 Å². The van der Waals surface area contributed by atoms with Crippen LogP contribution in [0.5, 0.6) is 0 Å². The molecule has 0 bridgehead atoms. The number of anilines is 1. The van der Waals surface area contributed by atoms with Crippen LogP contribution in [0.2, 0.25) is 0 Å². The number of carbonyl (C=O) groups is 4. The molecule has 35 heavy (non-hydrogen) atoms.